The highest BCUT2D eigenvalue weighted by Gasteiger charge is 2.18. The third kappa shape index (κ3) is 2.94. The lowest BCUT2D eigenvalue weighted by molar-refractivity contribution is -0.121. The number of carbonyl (C=O) groups excluding carboxylic acids is 2. The number of hydrogen-bond acceptors (Lipinski definition) is 3. The number of nitrogens with one attached hydrogen (secondary N) is 2. The topological polar surface area (TPSA) is 70.6 Å². The Morgan fingerprint density at radius 2 is 1.89 bits per heavy atom. The van der Waals surface area contributed by atoms with Crippen LogP contribution in [0.3, 0.4) is 0 Å². The van der Waals surface area contributed by atoms with Crippen LogP contribution in [0, 0.1) is 13.8 Å². The van der Waals surface area contributed by atoms with Crippen LogP contribution in [-0.2, 0) is 9.59 Å². The van der Waals surface area contributed by atoms with Gasteiger partial charge in [-0.15, -0.1) is 0 Å². The van der Waals surface area contributed by atoms with Crippen LogP contribution < -0.4 is 10.7 Å². The van der Waals surface area contributed by atoms with E-state index in [1.165, 1.54) is 0 Å². The van der Waals surface area contributed by atoms with Gasteiger partial charge in [0.2, 0.25) is 5.91 Å². The van der Waals surface area contributed by atoms with Crippen molar-refractivity contribution in [1.29, 1.82) is 0 Å². The Bertz CT molecular complexity index is 515. The fraction of sp³-hybridized carbons (Fsp3) is 0.308. The van der Waals surface area contributed by atoms with Crippen molar-refractivity contribution < 1.29 is 9.59 Å². The second kappa shape index (κ2) is 5.00. The molecule has 2 rings (SSSR count). The zero-order valence-corrected chi connectivity index (χ0v) is 10.4. The number of benzene rings is 1. The molecule has 5 nitrogen and oxygen atoms in total. The molecule has 0 atom stereocenters. The molecule has 94 valence electrons. The molecule has 5 heteroatoms. The number of aryl methyl sites for hydroxylation is 2. The Morgan fingerprint density at radius 1 is 1.22 bits per heavy atom. The van der Waals surface area contributed by atoms with Crippen molar-refractivity contribution >= 4 is 23.2 Å². The molecule has 0 bridgehead atoms. The molecular formula is C13H15N3O2. The van der Waals surface area contributed by atoms with Crippen LogP contribution in [0.15, 0.2) is 23.3 Å². The van der Waals surface area contributed by atoms with Crippen LogP contribution >= 0.6 is 0 Å². The molecule has 1 aliphatic rings. The second-order valence-corrected chi connectivity index (χ2v) is 4.42. The van der Waals surface area contributed by atoms with Gasteiger partial charge in [0.15, 0.2) is 0 Å². The highest BCUT2D eigenvalue weighted by molar-refractivity contribution is 6.43. The van der Waals surface area contributed by atoms with E-state index in [1.54, 1.807) is 0 Å². The van der Waals surface area contributed by atoms with Gasteiger partial charge in [-0.25, -0.2) is 5.43 Å². The van der Waals surface area contributed by atoms with Crippen LogP contribution in [-0.4, -0.2) is 17.5 Å². The van der Waals surface area contributed by atoms with Crippen molar-refractivity contribution in [2.75, 3.05) is 5.32 Å². The molecule has 0 spiro atoms. The Morgan fingerprint density at radius 3 is 2.44 bits per heavy atom. The molecule has 2 amide bonds. The first-order valence-electron chi connectivity index (χ1n) is 5.79. The number of carbonyl (C=O) groups is 2. The van der Waals surface area contributed by atoms with Gasteiger partial charge in [0, 0.05) is 18.5 Å². The Labute approximate surface area is 105 Å². The fourth-order valence-corrected chi connectivity index (χ4v) is 1.89. The Kier molecular flexibility index (Phi) is 3.41. The van der Waals surface area contributed by atoms with Crippen LogP contribution in [0.4, 0.5) is 5.69 Å². The van der Waals surface area contributed by atoms with E-state index >= 15 is 0 Å². The fourth-order valence-electron chi connectivity index (χ4n) is 1.89. The molecule has 0 aromatic heterocycles. The minimum atomic E-state index is -0.264. The average molecular weight is 245 g/mol. The summed E-state index contributed by atoms with van der Waals surface area (Å²) < 4.78 is 0. The van der Waals surface area contributed by atoms with E-state index in [2.05, 4.69) is 15.8 Å². The lowest BCUT2D eigenvalue weighted by Crippen LogP contribution is -2.32. The summed E-state index contributed by atoms with van der Waals surface area (Å²) in [7, 11) is 0. The van der Waals surface area contributed by atoms with Gasteiger partial charge < -0.3 is 5.32 Å². The third-order valence-electron chi connectivity index (χ3n) is 2.65. The molecule has 1 aromatic carbocycles. The van der Waals surface area contributed by atoms with Gasteiger partial charge in [0.1, 0.15) is 5.71 Å². The molecule has 2 N–H and O–H groups in total. The first kappa shape index (κ1) is 12.3. The summed E-state index contributed by atoms with van der Waals surface area (Å²) in [5.41, 5.74) is 5.59. The highest BCUT2D eigenvalue weighted by Crippen LogP contribution is 2.14. The minimum absolute atomic E-state index is 0.155. The van der Waals surface area contributed by atoms with E-state index in [4.69, 9.17) is 0 Å². The van der Waals surface area contributed by atoms with Gasteiger partial charge in [-0.3, -0.25) is 9.59 Å². The normalized spacial score (nSPS) is 14.8. The van der Waals surface area contributed by atoms with Crippen molar-refractivity contribution in [3.8, 4) is 0 Å². The Hall–Kier alpha value is -2.17. The monoisotopic (exact) mass is 245 g/mol. The quantitative estimate of drug-likeness (QED) is 0.829. The van der Waals surface area contributed by atoms with Crippen molar-refractivity contribution in [3.05, 3.63) is 29.3 Å². The maximum atomic E-state index is 11.9. The predicted octanol–water partition coefficient (Wildman–Crippen LogP) is 1.51. The number of amides is 2. The molecule has 0 aliphatic carbocycles. The standard InChI is InChI=1S/C13H15N3O2/c1-8-5-9(2)7-10(6-8)14-13(18)11-3-4-12(17)16-15-11/h5-7H,3-4H2,1-2H3,(H,14,18)(H,16,17). The van der Waals surface area contributed by atoms with Gasteiger partial charge in [0.25, 0.3) is 5.91 Å². The number of nitrogens with zero attached hydrogens (tertiary/aromatic N) is 1. The summed E-state index contributed by atoms with van der Waals surface area (Å²) in [6, 6.07) is 5.83. The van der Waals surface area contributed by atoms with Gasteiger partial charge >= 0.3 is 0 Å². The molecular weight excluding hydrogens is 230 g/mol. The van der Waals surface area contributed by atoms with E-state index < -0.39 is 0 Å². The van der Waals surface area contributed by atoms with Crippen LogP contribution in [0.25, 0.3) is 0 Å². The predicted molar refractivity (Wildman–Crippen MR) is 69.4 cm³/mol. The van der Waals surface area contributed by atoms with Gasteiger partial charge in [0.05, 0.1) is 0 Å². The van der Waals surface area contributed by atoms with Crippen molar-refractivity contribution in [2.24, 2.45) is 5.10 Å². The lowest BCUT2D eigenvalue weighted by atomic mass is 10.1. The molecule has 18 heavy (non-hydrogen) atoms. The number of hydrogen-bond donors (Lipinski definition) is 2. The highest BCUT2D eigenvalue weighted by atomic mass is 16.2. The van der Waals surface area contributed by atoms with Gasteiger partial charge in [-0.1, -0.05) is 6.07 Å². The first-order valence-corrected chi connectivity index (χ1v) is 5.79. The van der Waals surface area contributed by atoms with E-state index in [0.717, 1.165) is 16.8 Å². The van der Waals surface area contributed by atoms with Crippen LogP contribution in [0.2, 0.25) is 0 Å². The van der Waals surface area contributed by atoms with E-state index in [9.17, 15) is 9.59 Å². The van der Waals surface area contributed by atoms with Gasteiger partial charge in [-0.2, -0.15) is 5.10 Å². The van der Waals surface area contributed by atoms with E-state index in [1.807, 2.05) is 32.0 Å². The summed E-state index contributed by atoms with van der Waals surface area (Å²) >= 11 is 0. The molecule has 0 radical (unpaired) electrons. The molecule has 1 aliphatic heterocycles. The summed E-state index contributed by atoms with van der Waals surface area (Å²) in [5.74, 6) is -0.419. The summed E-state index contributed by atoms with van der Waals surface area (Å²) in [5, 5.41) is 6.54. The maximum absolute atomic E-state index is 11.9. The largest absolute Gasteiger partial charge is 0.321 e. The van der Waals surface area contributed by atoms with Crippen LogP contribution in [0.5, 0.6) is 0 Å². The van der Waals surface area contributed by atoms with Crippen molar-refractivity contribution in [2.45, 2.75) is 26.7 Å². The summed E-state index contributed by atoms with van der Waals surface area (Å²) in [6.07, 6.45) is 0.682. The van der Waals surface area contributed by atoms with E-state index in [0.29, 0.717) is 18.6 Å². The zero-order chi connectivity index (χ0) is 13.1. The molecule has 0 saturated heterocycles. The van der Waals surface area contributed by atoms with Crippen molar-refractivity contribution in [1.82, 2.24) is 5.43 Å². The number of anilines is 1. The van der Waals surface area contributed by atoms with Gasteiger partial charge in [-0.05, 0) is 37.1 Å². The first-order chi connectivity index (χ1) is 8.54. The molecule has 0 unspecified atom stereocenters. The second-order valence-electron chi connectivity index (χ2n) is 4.42. The maximum Gasteiger partial charge on any atom is 0.271 e. The lowest BCUT2D eigenvalue weighted by Gasteiger charge is -2.12. The Balaban J connectivity index is 2.09. The summed E-state index contributed by atoms with van der Waals surface area (Å²) in [6.45, 7) is 3.95. The van der Waals surface area contributed by atoms with E-state index in [-0.39, 0.29) is 11.8 Å². The minimum Gasteiger partial charge on any atom is -0.321 e. The molecule has 1 aromatic rings. The average Bonchev–Trinajstić information content (AvgIpc) is 2.28. The molecule has 0 saturated carbocycles. The molecule has 0 fully saturated rings. The molecule has 1 heterocycles. The zero-order valence-electron chi connectivity index (χ0n) is 10.4. The summed E-state index contributed by atoms with van der Waals surface area (Å²) in [4.78, 5) is 22.8. The number of hydrazone groups is 1. The number of rotatable bonds is 2. The van der Waals surface area contributed by atoms with Crippen molar-refractivity contribution in [3.63, 3.8) is 0 Å². The SMILES string of the molecule is Cc1cc(C)cc(NC(=O)C2=NNC(=O)CC2)c1. The smallest absolute Gasteiger partial charge is 0.271 e. The third-order valence-corrected chi connectivity index (χ3v) is 2.65. The van der Waals surface area contributed by atoms with Crippen LogP contribution in [0.1, 0.15) is 24.0 Å².